The molecule has 0 fully saturated rings. The number of aromatic nitrogens is 3. The summed E-state index contributed by atoms with van der Waals surface area (Å²) in [6.07, 6.45) is 0. The van der Waals surface area contributed by atoms with Gasteiger partial charge >= 0.3 is 0 Å². The maximum absolute atomic E-state index is 5.79. The molecule has 0 amide bonds. The molecule has 0 bridgehead atoms. The van der Waals surface area contributed by atoms with Crippen molar-refractivity contribution >= 4 is 43.5 Å². The summed E-state index contributed by atoms with van der Waals surface area (Å²) in [6, 6.07) is 81.9. The van der Waals surface area contributed by atoms with Crippen LogP contribution in [-0.2, 0) is 5.41 Å². The quantitative estimate of drug-likeness (QED) is 0.177. The van der Waals surface area contributed by atoms with Gasteiger partial charge in [0.25, 0.3) is 0 Å². The maximum atomic E-state index is 5.79. The predicted octanol–water partition coefficient (Wildman–Crippen LogP) is 15.2. The molecular formula is C61H37N3. The summed E-state index contributed by atoms with van der Waals surface area (Å²) >= 11 is 0. The molecule has 0 radical (unpaired) electrons. The number of hydrogen-bond acceptors (Lipinski definition) is 2. The molecule has 296 valence electrons. The normalized spacial score (nSPS) is 13.1. The summed E-state index contributed by atoms with van der Waals surface area (Å²) < 4.78 is 2.40. The van der Waals surface area contributed by atoms with E-state index in [1.807, 2.05) is 0 Å². The highest BCUT2D eigenvalue weighted by atomic mass is 15.2. The lowest BCUT2D eigenvalue weighted by Crippen LogP contribution is -2.26. The molecule has 0 saturated heterocycles. The fourth-order valence-electron chi connectivity index (χ4n) is 11.5. The van der Waals surface area contributed by atoms with E-state index < -0.39 is 5.41 Å². The fourth-order valence-corrected chi connectivity index (χ4v) is 11.5. The van der Waals surface area contributed by atoms with E-state index in [0.717, 1.165) is 55.4 Å². The molecule has 2 heterocycles. The van der Waals surface area contributed by atoms with Gasteiger partial charge in [-0.2, -0.15) is 0 Å². The Balaban J connectivity index is 1.16. The van der Waals surface area contributed by atoms with Gasteiger partial charge in [0.1, 0.15) is 0 Å². The zero-order valence-corrected chi connectivity index (χ0v) is 34.7. The summed E-state index contributed by atoms with van der Waals surface area (Å²) in [7, 11) is 0. The van der Waals surface area contributed by atoms with Gasteiger partial charge in [-0.15, -0.1) is 0 Å². The fraction of sp³-hybridized carbons (Fsp3) is 0.0164. The molecule has 12 aromatic rings. The summed E-state index contributed by atoms with van der Waals surface area (Å²) in [5.41, 5.74) is 19.4. The van der Waals surface area contributed by atoms with E-state index in [0.29, 0.717) is 5.95 Å². The Kier molecular flexibility index (Phi) is 7.32. The van der Waals surface area contributed by atoms with E-state index in [-0.39, 0.29) is 0 Å². The molecule has 3 heteroatoms. The van der Waals surface area contributed by atoms with Crippen molar-refractivity contribution in [3.05, 3.63) is 247 Å². The van der Waals surface area contributed by atoms with E-state index in [4.69, 9.17) is 9.97 Å². The minimum Gasteiger partial charge on any atom is -0.277 e. The molecule has 0 aliphatic heterocycles. The van der Waals surface area contributed by atoms with Crippen molar-refractivity contribution in [2.24, 2.45) is 0 Å². The summed E-state index contributed by atoms with van der Waals surface area (Å²) in [5.74, 6) is 0.648. The summed E-state index contributed by atoms with van der Waals surface area (Å²) in [4.78, 5) is 11.4. The van der Waals surface area contributed by atoms with E-state index in [9.17, 15) is 0 Å². The van der Waals surface area contributed by atoms with Crippen molar-refractivity contribution in [1.29, 1.82) is 0 Å². The first-order chi connectivity index (χ1) is 31.8. The third kappa shape index (κ3) is 4.70. The van der Waals surface area contributed by atoms with Gasteiger partial charge in [-0.1, -0.05) is 194 Å². The molecule has 2 aromatic heterocycles. The molecule has 2 aliphatic rings. The van der Waals surface area contributed by atoms with Gasteiger partial charge in [-0.25, -0.2) is 9.97 Å². The van der Waals surface area contributed by atoms with Gasteiger partial charge < -0.3 is 0 Å². The predicted molar refractivity (Wildman–Crippen MR) is 264 cm³/mol. The highest BCUT2D eigenvalue weighted by Crippen LogP contribution is 2.66. The van der Waals surface area contributed by atoms with Crippen molar-refractivity contribution in [2.75, 3.05) is 0 Å². The van der Waals surface area contributed by atoms with Crippen LogP contribution in [0.25, 0.3) is 105 Å². The standard InChI is InChI=1S/C61H37N3/c1-3-19-38(20-4-1)40-35-41(39-21-5-2-6-22-39)37-42(36-40)58-48-28-12-17-33-53(48)62-60(63-58)64-54-34-18-13-29-49(54)56-46-26-8-7-25-45(46)55-47-27-11-16-32-52(47)61(57(55)59(56)64)50-30-14-9-23-43(50)44-24-10-15-31-51(44)61/h1-37H. The van der Waals surface area contributed by atoms with Crippen LogP contribution in [0.4, 0.5) is 0 Å². The minimum atomic E-state index is -0.595. The first-order valence-electron chi connectivity index (χ1n) is 22.1. The number of benzene rings is 10. The van der Waals surface area contributed by atoms with Gasteiger partial charge in [0.15, 0.2) is 0 Å². The third-order valence-electron chi connectivity index (χ3n) is 14.0. The zero-order valence-electron chi connectivity index (χ0n) is 34.7. The average molecular weight is 812 g/mol. The topological polar surface area (TPSA) is 30.7 Å². The van der Waals surface area contributed by atoms with Crippen LogP contribution in [0, 0.1) is 0 Å². The van der Waals surface area contributed by atoms with Crippen LogP contribution < -0.4 is 0 Å². The van der Waals surface area contributed by atoms with Crippen molar-refractivity contribution in [3.8, 4) is 61.7 Å². The molecule has 10 aromatic carbocycles. The zero-order chi connectivity index (χ0) is 41.9. The van der Waals surface area contributed by atoms with Crippen LogP contribution in [0.3, 0.4) is 0 Å². The van der Waals surface area contributed by atoms with Crippen LogP contribution in [-0.4, -0.2) is 14.5 Å². The Morgan fingerprint density at radius 1 is 0.359 bits per heavy atom. The number of para-hydroxylation sites is 2. The largest absolute Gasteiger partial charge is 0.277 e. The number of rotatable bonds is 4. The maximum Gasteiger partial charge on any atom is 0.235 e. The van der Waals surface area contributed by atoms with Gasteiger partial charge in [-0.3, -0.25) is 4.57 Å². The number of fused-ring (bicyclic) bond motifs is 18. The Hall–Kier alpha value is -8.40. The molecule has 0 N–H and O–H groups in total. The first kappa shape index (κ1) is 35.2. The van der Waals surface area contributed by atoms with E-state index in [1.54, 1.807) is 0 Å². The molecule has 0 unspecified atom stereocenters. The molecule has 64 heavy (non-hydrogen) atoms. The third-order valence-corrected chi connectivity index (χ3v) is 14.0. The molecule has 0 saturated carbocycles. The van der Waals surface area contributed by atoms with E-state index in [1.165, 1.54) is 66.1 Å². The Labute approximate surface area is 370 Å². The second kappa shape index (κ2) is 13.3. The summed E-state index contributed by atoms with van der Waals surface area (Å²) in [6.45, 7) is 0. The second-order valence-corrected chi connectivity index (χ2v) is 17.2. The summed E-state index contributed by atoms with van der Waals surface area (Å²) in [5, 5.41) is 5.88. The Bertz CT molecular complexity index is 3800. The molecular weight excluding hydrogens is 775 g/mol. The highest BCUT2D eigenvalue weighted by Gasteiger charge is 2.53. The Morgan fingerprint density at radius 3 is 1.50 bits per heavy atom. The van der Waals surface area contributed by atoms with Gasteiger partial charge in [-0.05, 0) is 102 Å². The van der Waals surface area contributed by atoms with Crippen LogP contribution in [0.5, 0.6) is 0 Å². The van der Waals surface area contributed by atoms with Crippen LogP contribution in [0.2, 0.25) is 0 Å². The van der Waals surface area contributed by atoms with E-state index >= 15 is 0 Å². The Morgan fingerprint density at radius 2 is 0.844 bits per heavy atom. The first-order valence-corrected chi connectivity index (χ1v) is 22.1. The van der Waals surface area contributed by atoms with Crippen LogP contribution in [0.1, 0.15) is 22.3 Å². The van der Waals surface area contributed by atoms with Crippen LogP contribution >= 0.6 is 0 Å². The SMILES string of the molecule is c1ccc(-c2cc(-c3ccccc3)cc(-c3nc(-n4c5ccccc5c5c6ccccc6c6c(c54)C4(c5ccccc5-c5ccccc54)c4ccccc4-6)nc4ccccc34)c2)cc1. The van der Waals surface area contributed by atoms with E-state index in [2.05, 4.69) is 229 Å². The molecule has 2 aliphatic carbocycles. The smallest absolute Gasteiger partial charge is 0.235 e. The molecule has 1 spiro atoms. The minimum absolute atomic E-state index is 0.595. The molecule has 14 rings (SSSR count). The monoisotopic (exact) mass is 811 g/mol. The van der Waals surface area contributed by atoms with Crippen molar-refractivity contribution < 1.29 is 0 Å². The van der Waals surface area contributed by atoms with Crippen molar-refractivity contribution in [3.63, 3.8) is 0 Å². The van der Waals surface area contributed by atoms with Crippen molar-refractivity contribution in [2.45, 2.75) is 5.41 Å². The average Bonchev–Trinajstić information content (AvgIpc) is 3.99. The van der Waals surface area contributed by atoms with Gasteiger partial charge in [0, 0.05) is 27.3 Å². The molecule has 3 nitrogen and oxygen atoms in total. The lowest BCUT2D eigenvalue weighted by Gasteiger charge is -2.31. The lowest BCUT2D eigenvalue weighted by atomic mass is 9.70. The number of hydrogen-bond donors (Lipinski definition) is 0. The van der Waals surface area contributed by atoms with Gasteiger partial charge in [0.2, 0.25) is 5.95 Å². The van der Waals surface area contributed by atoms with Crippen molar-refractivity contribution in [1.82, 2.24) is 14.5 Å². The second-order valence-electron chi connectivity index (χ2n) is 17.2. The highest BCUT2D eigenvalue weighted by molar-refractivity contribution is 6.27. The van der Waals surface area contributed by atoms with Crippen LogP contribution in [0.15, 0.2) is 224 Å². The molecule has 0 atom stereocenters. The number of nitrogens with zero attached hydrogens (tertiary/aromatic N) is 3. The van der Waals surface area contributed by atoms with Gasteiger partial charge in [0.05, 0.1) is 27.7 Å². The lowest BCUT2D eigenvalue weighted by molar-refractivity contribution is 0.796.